The zero-order valence-electron chi connectivity index (χ0n) is 22.6. The molecule has 1 aromatic carbocycles. The Morgan fingerprint density at radius 3 is 2.65 bits per heavy atom. The number of halogens is 2. The molecule has 0 bridgehead atoms. The van der Waals surface area contributed by atoms with E-state index in [4.69, 9.17) is 16.6 Å². The zero-order chi connectivity index (χ0) is 28.6. The molecule has 8 nitrogen and oxygen atoms in total. The molecule has 0 aliphatic carbocycles. The molecule has 10 heteroatoms. The smallest absolute Gasteiger partial charge is 0.350 e. The Morgan fingerprint density at radius 1 is 1.18 bits per heavy atom. The van der Waals surface area contributed by atoms with Gasteiger partial charge in [-0.15, -0.1) is 0 Å². The van der Waals surface area contributed by atoms with Crippen molar-refractivity contribution in [2.75, 3.05) is 24.5 Å². The van der Waals surface area contributed by atoms with E-state index in [-0.39, 0.29) is 33.9 Å². The predicted molar refractivity (Wildman–Crippen MR) is 155 cm³/mol. The molecule has 0 N–H and O–H groups in total. The second kappa shape index (κ2) is 11.2. The van der Waals surface area contributed by atoms with Crippen molar-refractivity contribution in [3.8, 4) is 17.1 Å². The third kappa shape index (κ3) is 5.09. The van der Waals surface area contributed by atoms with Crippen LogP contribution in [0.3, 0.4) is 0 Å². The monoisotopic (exact) mass is 560 g/mol. The predicted octanol–water partition coefficient (Wildman–Crippen LogP) is 5.06. The number of hydrogen-bond acceptors (Lipinski definition) is 6. The number of benzene rings is 1. The average molecular weight is 561 g/mol. The Labute approximate surface area is 236 Å². The maximum Gasteiger partial charge on any atom is 0.357 e. The number of fused-ring (bicyclic) bond motifs is 1. The minimum absolute atomic E-state index is 0.146. The van der Waals surface area contributed by atoms with Gasteiger partial charge >= 0.3 is 5.69 Å². The molecule has 1 fully saturated rings. The molecule has 1 saturated heterocycles. The van der Waals surface area contributed by atoms with Crippen LogP contribution in [0.4, 0.5) is 10.2 Å². The Kier molecular flexibility index (Phi) is 7.67. The molecule has 4 heterocycles. The average Bonchev–Trinajstić information content (AvgIpc) is 2.93. The first-order valence-corrected chi connectivity index (χ1v) is 13.6. The number of piperazine rings is 1. The van der Waals surface area contributed by atoms with Gasteiger partial charge in [0.1, 0.15) is 17.5 Å². The number of anilines is 1. The van der Waals surface area contributed by atoms with Crippen LogP contribution >= 0.6 is 11.6 Å². The van der Waals surface area contributed by atoms with Gasteiger partial charge in [0.05, 0.1) is 16.1 Å². The number of aromatic nitrogens is 4. The number of nitrogens with zero attached hydrogens (tertiary/aromatic N) is 6. The SMILES string of the molecule is C=CC(=O)N1CCN(c2nc(=O)n(-c3ncccc3CC(C)C)c3nc(-c4ccccc4F)c(Cl)cc23)[C@@H](C)C1. The molecular formula is C30H30ClFN6O2. The van der Waals surface area contributed by atoms with E-state index in [1.165, 1.54) is 16.7 Å². The van der Waals surface area contributed by atoms with Gasteiger partial charge in [-0.2, -0.15) is 4.98 Å². The molecule has 1 atom stereocenters. The lowest BCUT2D eigenvalue weighted by atomic mass is 10.0. The molecular weight excluding hydrogens is 531 g/mol. The van der Waals surface area contributed by atoms with Gasteiger partial charge in [0.25, 0.3) is 0 Å². The summed E-state index contributed by atoms with van der Waals surface area (Å²) in [5.41, 5.74) is 1.02. The topological polar surface area (TPSA) is 84.2 Å². The van der Waals surface area contributed by atoms with Crippen molar-refractivity contribution in [3.63, 3.8) is 0 Å². The molecule has 1 aliphatic heterocycles. The first-order chi connectivity index (χ1) is 19.2. The summed E-state index contributed by atoms with van der Waals surface area (Å²) in [5.74, 6) is 0.518. The highest BCUT2D eigenvalue weighted by Gasteiger charge is 2.30. The lowest BCUT2D eigenvalue weighted by Crippen LogP contribution is -2.54. The zero-order valence-corrected chi connectivity index (χ0v) is 23.4. The van der Waals surface area contributed by atoms with Crippen molar-refractivity contribution in [2.24, 2.45) is 5.92 Å². The van der Waals surface area contributed by atoms with E-state index in [2.05, 4.69) is 30.4 Å². The van der Waals surface area contributed by atoms with E-state index < -0.39 is 11.5 Å². The Morgan fingerprint density at radius 2 is 1.95 bits per heavy atom. The van der Waals surface area contributed by atoms with Crippen LogP contribution < -0.4 is 10.6 Å². The molecule has 4 aromatic rings. The van der Waals surface area contributed by atoms with Crippen LogP contribution in [0.15, 0.2) is 66.1 Å². The van der Waals surface area contributed by atoms with Gasteiger partial charge in [-0.1, -0.05) is 50.2 Å². The summed E-state index contributed by atoms with van der Waals surface area (Å²) in [6, 6.07) is 11.5. The minimum atomic E-state index is -0.558. The molecule has 0 unspecified atom stereocenters. The lowest BCUT2D eigenvalue weighted by Gasteiger charge is -2.40. The number of amides is 1. The van der Waals surface area contributed by atoms with Crippen LogP contribution in [0.5, 0.6) is 0 Å². The van der Waals surface area contributed by atoms with Crippen molar-refractivity contribution in [1.29, 1.82) is 0 Å². The highest BCUT2D eigenvalue weighted by molar-refractivity contribution is 6.33. The van der Waals surface area contributed by atoms with Crippen LogP contribution in [0, 0.1) is 11.7 Å². The highest BCUT2D eigenvalue weighted by atomic mass is 35.5. The summed E-state index contributed by atoms with van der Waals surface area (Å²) in [7, 11) is 0. The van der Waals surface area contributed by atoms with Crippen molar-refractivity contribution < 1.29 is 9.18 Å². The van der Waals surface area contributed by atoms with E-state index in [9.17, 15) is 14.0 Å². The number of carbonyl (C=O) groups excluding carboxylic acids is 1. The summed E-state index contributed by atoms with van der Waals surface area (Å²) in [4.78, 5) is 43.6. The molecule has 40 heavy (non-hydrogen) atoms. The minimum Gasteiger partial charge on any atom is -0.350 e. The molecule has 0 spiro atoms. The van der Waals surface area contributed by atoms with Gasteiger partial charge in [0.2, 0.25) is 5.91 Å². The van der Waals surface area contributed by atoms with Crippen molar-refractivity contribution in [3.05, 3.63) is 88.2 Å². The standard InChI is InChI=1S/C30H30ClFN6O2/c1-5-25(39)36-13-14-37(19(4)17-36)28-22-16-23(31)26(21-10-6-7-11-24(21)32)34-29(22)38(30(40)35-28)27-20(15-18(2)3)9-8-12-33-27/h5-12,16,18-19H,1,13-15,17H2,2-4H3/t19-/m0/s1. The van der Waals surface area contributed by atoms with E-state index in [1.54, 1.807) is 35.4 Å². The molecule has 1 aliphatic rings. The third-order valence-electron chi connectivity index (χ3n) is 7.02. The van der Waals surface area contributed by atoms with Gasteiger partial charge in [-0.25, -0.2) is 23.7 Å². The van der Waals surface area contributed by atoms with E-state index in [1.807, 2.05) is 24.0 Å². The molecule has 0 radical (unpaired) electrons. The molecule has 206 valence electrons. The van der Waals surface area contributed by atoms with Crippen molar-refractivity contribution in [2.45, 2.75) is 33.2 Å². The maximum absolute atomic E-state index is 14.9. The third-order valence-corrected chi connectivity index (χ3v) is 7.31. The largest absolute Gasteiger partial charge is 0.357 e. The number of rotatable bonds is 6. The molecule has 5 rings (SSSR count). The number of carbonyl (C=O) groups is 1. The number of pyridine rings is 2. The summed E-state index contributed by atoms with van der Waals surface area (Å²) >= 11 is 6.74. The molecule has 3 aromatic heterocycles. The fraction of sp³-hybridized carbons (Fsp3) is 0.300. The van der Waals surface area contributed by atoms with Crippen LogP contribution in [0.2, 0.25) is 5.02 Å². The van der Waals surface area contributed by atoms with Crippen LogP contribution in [-0.2, 0) is 11.2 Å². The Balaban J connectivity index is 1.77. The van der Waals surface area contributed by atoms with Crippen molar-refractivity contribution in [1.82, 2.24) is 24.4 Å². The van der Waals surface area contributed by atoms with Gasteiger partial charge in [0.15, 0.2) is 5.65 Å². The summed E-state index contributed by atoms with van der Waals surface area (Å²) in [6.07, 6.45) is 3.60. The van der Waals surface area contributed by atoms with Crippen LogP contribution in [0.25, 0.3) is 28.1 Å². The van der Waals surface area contributed by atoms with E-state index >= 15 is 0 Å². The lowest BCUT2D eigenvalue weighted by molar-refractivity contribution is -0.126. The summed E-state index contributed by atoms with van der Waals surface area (Å²) in [5, 5.41) is 0.753. The summed E-state index contributed by atoms with van der Waals surface area (Å²) < 4.78 is 16.3. The van der Waals surface area contributed by atoms with Crippen molar-refractivity contribution >= 4 is 34.4 Å². The van der Waals surface area contributed by atoms with Crippen LogP contribution in [-0.4, -0.2) is 56.0 Å². The second-order valence-electron chi connectivity index (χ2n) is 10.3. The molecule has 1 amide bonds. The Bertz CT molecular complexity index is 1670. The van der Waals surface area contributed by atoms with Gasteiger partial charge < -0.3 is 9.80 Å². The number of hydrogen-bond donors (Lipinski definition) is 0. The fourth-order valence-corrected chi connectivity index (χ4v) is 5.44. The van der Waals surface area contributed by atoms with Crippen LogP contribution in [0.1, 0.15) is 26.3 Å². The fourth-order valence-electron chi connectivity index (χ4n) is 5.19. The highest BCUT2D eigenvalue weighted by Crippen LogP contribution is 2.35. The quantitative estimate of drug-likeness (QED) is 0.307. The summed E-state index contributed by atoms with van der Waals surface area (Å²) in [6.45, 7) is 11.0. The van der Waals surface area contributed by atoms with E-state index in [0.29, 0.717) is 49.0 Å². The second-order valence-corrected chi connectivity index (χ2v) is 10.7. The van der Waals surface area contributed by atoms with Gasteiger partial charge in [-0.3, -0.25) is 4.79 Å². The van der Waals surface area contributed by atoms with Gasteiger partial charge in [0, 0.05) is 37.4 Å². The first-order valence-electron chi connectivity index (χ1n) is 13.2. The normalized spacial score (nSPS) is 15.6. The first kappa shape index (κ1) is 27.5. The molecule has 0 saturated carbocycles. The maximum atomic E-state index is 14.9. The van der Waals surface area contributed by atoms with Gasteiger partial charge in [-0.05, 0) is 55.2 Å². The Hall–Kier alpha value is -4.11. The van der Waals surface area contributed by atoms with E-state index in [0.717, 1.165) is 5.56 Å².